The summed E-state index contributed by atoms with van der Waals surface area (Å²) in [5.41, 5.74) is 0. The monoisotopic (exact) mass is 219 g/mol. The summed E-state index contributed by atoms with van der Waals surface area (Å²) < 4.78 is 0. The first-order chi connectivity index (χ1) is 4.43. The molecule has 1 aliphatic rings. The van der Waals surface area contributed by atoms with E-state index in [0.717, 1.165) is 12.5 Å². The maximum atomic E-state index is 4.10. The van der Waals surface area contributed by atoms with Crippen molar-refractivity contribution in [1.29, 1.82) is 0 Å². The van der Waals surface area contributed by atoms with Crippen LogP contribution in [0.2, 0.25) is 0 Å². The van der Waals surface area contributed by atoms with Crippen molar-refractivity contribution in [3.05, 3.63) is 27.6 Å². The van der Waals surface area contributed by atoms with Gasteiger partial charge in [-0.3, -0.25) is 0 Å². The predicted molar refractivity (Wildman–Crippen MR) is 60.0 cm³/mol. The van der Waals surface area contributed by atoms with Crippen LogP contribution < -0.4 is 0 Å². The van der Waals surface area contributed by atoms with Crippen LogP contribution in [0.1, 0.15) is 32.1 Å². The summed E-state index contributed by atoms with van der Waals surface area (Å²) in [6, 6.07) is 0. The molecule has 0 atom stereocenters. The minimum Gasteiger partial charge on any atom is -0.665 e. The fourth-order valence-electron chi connectivity index (χ4n) is 1.61. The molecule has 0 aliphatic heterocycles. The minimum atomic E-state index is 0. The van der Waals surface area contributed by atoms with Crippen molar-refractivity contribution < 1.29 is 21.7 Å². The molecule has 0 heterocycles. The number of rotatable bonds is 3. The molecule has 0 aromatic rings. The molecule has 0 unspecified atom stereocenters. The molecule has 1 saturated carbocycles. The van der Waals surface area contributed by atoms with E-state index in [1.165, 1.54) is 32.1 Å². The fourth-order valence-corrected chi connectivity index (χ4v) is 1.61. The van der Waals surface area contributed by atoms with Crippen LogP contribution in [0.4, 0.5) is 0 Å². The van der Waals surface area contributed by atoms with Crippen molar-refractivity contribution in [3.8, 4) is 0 Å². The average molecular weight is 219 g/mol. The van der Waals surface area contributed by atoms with Crippen molar-refractivity contribution in [2.24, 2.45) is 5.92 Å². The SMILES string of the molecule is C[N-]CCC1CCCC1.[CH3-].[CH3-].[CH3-].[Ti+4]. The third-order valence-electron chi connectivity index (χ3n) is 2.24. The van der Waals surface area contributed by atoms with Crippen LogP contribution in [0.5, 0.6) is 0 Å². The first-order valence-electron chi connectivity index (χ1n) is 3.99. The topological polar surface area (TPSA) is 14.1 Å². The van der Waals surface area contributed by atoms with Gasteiger partial charge in [-0.25, -0.2) is 0 Å². The Labute approximate surface area is 101 Å². The van der Waals surface area contributed by atoms with Gasteiger partial charge in [0.25, 0.3) is 0 Å². The second-order valence-electron chi connectivity index (χ2n) is 2.98. The maximum absolute atomic E-state index is 4.10. The zero-order valence-corrected chi connectivity index (χ0v) is 11.3. The van der Waals surface area contributed by atoms with Gasteiger partial charge in [-0.15, -0.1) is 6.54 Å². The minimum absolute atomic E-state index is 0. The Morgan fingerprint density at radius 3 is 1.92 bits per heavy atom. The second-order valence-corrected chi connectivity index (χ2v) is 2.98. The van der Waals surface area contributed by atoms with Gasteiger partial charge in [0, 0.05) is 0 Å². The Balaban J connectivity index is -0.000000101. The van der Waals surface area contributed by atoms with Crippen molar-refractivity contribution in [3.63, 3.8) is 0 Å². The zero-order chi connectivity index (χ0) is 6.53. The Kier molecular flexibility index (Phi) is 27.4. The molecule has 2 heteroatoms. The van der Waals surface area contributed by atoms with Crippen LogP contribution in [0.3, 0.4) is 0 Å². The molecule has 1 aliphatic carbocycles. The summed E-state index contributed by atoms with van der Waals surface area (Å²) in [5, 5.41) is 4.10. The smallest absolute Gasteiger partial charge is 0.665 e. The molecular formula is C11H25NTi. The molecule has 0 radical (unpaired) electrons. The quantitative estimate of drug-likeness (QED) is 0.504. The number of hydrogen-bond acceptors (Lipinski definition) is 0. The van der Waals surface area contributed by atoms with Crippen molar-refractivity contribution in [2.45, 2.75) is 32.1 Å². The molecule has 0 bridgehead atoms. The van der Waals surface area contributed by atoms with Gasteiger partial charge in [-0.1, -0.05) is 32.1 Å². The molecule has 1 fully saturated rings. The first kappa shape index (κ1) is 23.5. The predicted octanol–water partition coefficient (Wildman–Crippen LogP) is 3.92. The molecule has 1 rings (SSSR count). The van der Waals surface area contributed by atoms with E-state index in [1.54, 1.807) is 0 Å². The Hall–Kier alpha value is 0.674. The van der Waals surface area contributed by atoms with E-state index < -0.39 is 0 Å². The van der Waals surface area contributed by atoms with Crippen molar-refractivity contribution in [1.82, 2.24) is 0 Å². The van der Waals surface area contributed by atoms with Gasteiger partial charge in [0.15, 0.2) is 0 Å². The van der Waals surface area contributed by atoms with E-state index in [2.05, 4.69) is 5.32 Å². The molecule has 78 valence electrons. The summed E-state index contributed by atoms with van der Waals surface area (Å²) in [5.74, 6) is 1.02. The van der Waals surface area contributed by atoms with Crippen LogP contribution in [0, 0.1) is 28.2 Å². The van der Waals surface area contributed by atoms with Gasteiger partial charge in [0.05, 0.1) is 0 Å². The van der Waals surface area contributed by atoms with Crippen molar-refractivity contribution >= 4 is 0 Å². The molecule has 0 aromatic heterocycles. The molecule has 0 saturated heterocycles. The van der Waals surface area contributed by atoms with E-state index in [4.69, 9.17) is 0 Å². The van der Waals surface area contributed by atoms with E-state index in [9.17, 15) is 0 Å². The normalized spacial score (nSPS) is 14.5. The third kappa shape index (κ3) is 10.6. The molecule has 0 aromatic carbocycles. The van der Waals surface area contributed by atoms with Gasteiger partial charge < -0.3 is 27.6 Å². The molecule has 13 heavy (non-hydrogen) atoms. The van der Waals surface area contributed by atoms with Gasteiger partial charge in [-0.2, -0.15) is 7.05 Å². The zero-order valence-electron chi connectivity index (χ0n) is 9.77. The standard InChI is InChI=1S/C8H16N.3CH3.Ti/c1-9-7-6-8-4-2-3-5-8;;;;/h8H,2-7H2,1H3;3*1H3;/q4*-1;+4. The largest absolute Gasteiger partial charge is 4.00 e. The summed E-state index contributed by atoms with van der Waals surface area (Å²) in [4.78, 5) is 0. The van der Waals surface area contributed by atoms with E-state index in [0.29, 0.717) is 0 Å². The summed E-state index contributed by atoms with van der Waals surface area (Å²) in [6.45, 7) is 1.09. The third-order valence-corrected chi connectivity index (χ3v) is 2.24. The van der Waals surface area contributed by atoms with Gasteiger partial charge in [0.1, 0.15) is 0 Å². The maximum Gasteiger partial charge on any atom is 4.00 e. The van der Waals surface area contributed by atoms with E-state index >= 15 is 0 Å². The fraction of sp³-hybridized carbons (Fsp3) is 0.727. The second kappa shape index (κ2) is 15.2. The van der Waals surface area contributed by atoms with Crippen molar-refractivity contribution in [2.75, 3.05) is 13.6 Å². The summed E-state index contributed by atoms with van der Waals surface area (Å²) in [6.07, 6.45) is 7.21. The Morgan fingerprint density at radius 2 is 1.54 bits per heavy atom. The Bertz CT molecular complexity index is 70.5. The van der Waals surface area contributed by atoms with Crippen LogP contribution in [0.25, 0.3) is 5.32 Å². The van der Waals surface area contributed by atoms with Crippen LogP contribution in [-0.2, 0) is 21.7 Å². The average Bonchev–Trinajstić information content (AvgIpc) is 2.34. The molecule has 0 spiro atoms. The van der Waals surface area contributed by atoms with Gasteiger partial charge in [0.2, 0.25) is 0 Å². The molecule has 0 amide bonds. The van der Waals surface area contributed by atoms with Gasteiger partial charge in [-0.05, 0) is 5.92 Å². The van der Waals surface area contributed by atoms with Crippen LogP contribution in [-0.4, -0.2) is 13.6 Å². The molecular weight excluding hydrogens is 194 g/mol. The summed E-state index contributed by atoms with van der Waals surface area (Å²) >= 11 is 0. The van der Waals surface area contributed by atoms with Crippen LogP contribution in [0.15, 0.2) is 0 Å². The molecule has 1 nitrogen and oxygen atoms in total. The first-order valence-corrected chi connectivity index (χ1v) is 3.99. The van der Waals surface area contributed by atoms with Gasteiger partial charge >= 0.3 is 21.7 Å². The summed E-state index contributed by atoms with van der Waals surface area (Å²) in [7, 11) is 1.91. The van der Waals surface area contributed by atoms with E-state index in [-0.39, 0.29) is 44.0 Å². The van der Waals surface area contributed by atoms with E-state index in [1.807, 2.05) is 7.05 Å². The number of nitrogens with zero attached hydrogens (tertiary/aromatic N) is 1. The van der Waals surface area contributed by atoms with Crippen LogP contribution >= 0.6 is 0 Å². The number of hydrogen-bond donors (Lipinski definition) is 0. The Morgan fingerprint density at radius 1 is 1.08 bits per heavy atom. The molecule has 0 N–H and O–H groups in total.